The van der Waals surface area contributed by atoms with E-state index in [0.29, 0.717) is 0 Å². The van der Waals surface area contributed by atoms with E-state index in [1.807, 2.05) is 42.5 Å². The summed E-state index contributed by atoms with van der Waals surface area (Å²) < 4.78 is 0. The Morgan fingerprint density at radius 3 is 2.19 bits per heavy atom. The van der Waals surface area contributed by atoms with Gasteiger partial charge in [-0.25, -0.2) is 0 Å². The second-order valence-corrected chi connectivity index (χ2v) is 5.18. The molecule has 0 fully saturated rings. The van der Waals surface area contributed by atoms with Crippen molar-refractivity contribution in [3.8, 4) is 0 Å². The van der Waals surface area contributed by atoms with Crippen LogP contribution in [-0.2, 0) is 26.1 Å². The molecule has 3 nitrogen and oxygen atoms in total. The Kier molecular flexibility index (Phi) is 5.26. The monoisotopic (exact) mass is 284 g/mol. The summed E-state index contributed by atoms with van der Waals surface area (Å²) in [5.74, 6) is 0.0757. The van der Waals surface area contributed by atoms with E-state index in [2.05, 4.69) is 0 Å². The van der Waals surface area contributed by atoms with Crippen molar-refractivity contribution in [1.82, 2.24) is 0 Å². The third kappa shape index (κ3) is 4.00. The predicted octanol–water partition coefficient (Wildman–Crippen LogP) is 2.66. The molecular weight excluding hydrogens is 264 g/mol. The Morgan fingerprint density at radius 2 is 1.57 bits per heavy atom. The van der Waals surface area contributed by atoms with Crippen LogP contribution in [0.3, 0.4) is 0 Å². The molecule has 0 amide bonds. The van der Waals surface area contributed by atoms with Crippen molar-refractivity contribution < 1.29 is 15.0 Å². The van der Waals surface area contributed by atoms with Gasteiger partial charge in [-0.05, 0) is 48.1 Å². The van der Waals surface area contributed by atoms with Crippen molar-refractivity contribution in [3.05, 3.63) is 70.3 Å². The van der Waals surface area contributed by atoms with Gasteiger partial charge in [0.05, 0.1) is 13.2 Å². The number of benzene rings is 2. The Balaban J connectivity index is 2.09. The fourth-order valence-corrected chi connectivity index (χ4v) is 2.37. The molecule has 0 aliphatic carbocycles. The molecule has 2 aromatic carbocycles. The lowest BCUT2D eigenvalue weighted by Crippen LogP contribution is -1.99. The molecule has 2 N–H and O–H groups in total. The van der Waals surface area contributed by atoms with Gasteiger partial charge in [-0.3, -0.25) is 4.79 Å². The lowest BCUT2D eigenvalue weighted by Gasteiger charge is -2.09. The van der Waals surface area contributed by atoms with Gasteiger partial charge in [0.2, 0.25) is 0 Å². The van der Waals surface area contributed by atoms with Gasteiger partial charge in [0.1, 0.15) is 0 Å². The van der Waals surface area contributed by atoms with Gasteiger partial charge < -0.3 is 10.2 Å². The summed E-state index contributed by atoms with van der Waals surface area (Å²) in [4.78, 5) is 11.4. The summed E-state index contributed by atoms with van der Waals surface area (Å²) >= 11 is 0. The topological polar surface area (TPSA) is 57.5 Å². The Bertz CT molecular complexity index is 632. The summed E-state index contributed by atoms with van der Waals surface area (Å²) in [6.45, 7) is 1.45. The zero-order valence-corrected chi connectivity index (χ0v) is 12.2. The van der Waals surface area contributed by atoms with Gasteiger partial charge in [0.15, 0.2) is 5.78 Å². The molecule has 0 unspecified atom stereocenters. The molecule has 0 radical (unpaired) electrons. The van der Waals surface area contributed by atoms with Crippen LogP contribution < -0.4 is 0 Å². The van der Waals surface area contributed by atoms with Gasteiger partial charge in [-0.2, -0.15) is 0 Å². The first-order chi connectivity index (χ1) is 10.1. The van der Waals surface area contributed by atoms with Gasteiger partial charge >= 0.3 is 0 Å². The fraction of sp³-hybridized carbons (Fsp3) is 0.278. The second kappa shape index (κ2) is 7.16. The van der Waals surface area contributed by atoms with Crippen LogP contribution in [-0.4, -0.2) is 16.0 Å². The summed E-state index contributed by atoms with van der Waals surface area (Å²) in [6.07, 6.45) is 1.67. The zero-order chi connectivity index (χ0) is 15.2. The predicted molar refractivity (Wildman–Crippen MR) is 82.1 cm³/mol. The maximum absolute atomic E-state index is 11.4. The number of Topliss-reactive ketones (excluding diaryl/α,β-unsaturated/α-hetero) is 1. The van der Waals surface area contributed by atoms with Gasteiger partial charge in [0, 0.05) is 5.56 Å². The van der Waals surface area contributed by atoms with Crippen molar-refractivity contribution >= 4 is 5.78 Å². The Labute approximate surface area is 124 Å². The summed E-state index contributed by atoms with van der Waals surface area (Å²) in [5, 5.41) is 18.5. The minimum atomic E-state index is -0.0659. The highest BCUT2D eigenvalue weighted by Gasteiger charge is 2.04. The van der Waals surface area contributed by atoms with Gasteiger partial charge in [-0.1, -0.05) is 36.4 Å². The molecule has 0 spiro atoms. The maximum atomic E-state index is 11.4. The summed E-state index contributed by atoms with van der Waals surface area (Å²) in [5.41, 5.74) is 4.51. The average Bonchev–Trinajstić information content (AvgIpc) is 2.52. The van der Waals surface area contributed by atoms with Crippen molar-refractivity contribution in [1.29, 1.82) is 0 Å². The van der Waals surface area contributed by atoms with Crippen molar-refractivity contribution in [3.63, 3.8) is 0 Å². The number of aryl methyl sites for hydroxylation is 2. The van der Waals surface area contributed by atoms with Crippen LogP contribution in [0.1, 0.15) is 39.5 Å². The Morgan fingerprint density at radius 1 is 0.905 bits per heavy atom. The van der Waals surface area contributed by atoms with Crippen molar-refractivity contribution in [2.24, 2.45) is 0 Å². The number of ketones is 1. The number of carbonyl (C=O) groups excluding carboxylic acids is 1. The third-order valence-electron chi connectivity index (χ3n) is 3.65. The quantitative estimate of drug-likeness (QED) is 0.802. The number of hydrogen-bond donors (Lipinski definition) is 2. The van der Waals surface area contributed by atoms with E-state index in [4.69, 9.17) is 0 Å². The molecule has 0 heterocycles. The highest BCUT2D eigenvalue weighted by atomic mass is 16.3. The van der Waals surface area contributed by atoms with Crippen LogP contribution >= 0.6 is 0 Å². The van der Waals surface area contributed by atoms with Crippen LogP contribution in [0.25, 0.3) is 0 Å². The van der Waals surface area contributed by atoms with Gasteiger partial charge in [0.25, 0.3) is 0 Å². The van der Waals surface area contributed by atoms with E-state index in [9.17, 15) is 15.0 Å². The standard InChI is InChI=1S/C18H20O3/c1-13(21)16-4-2-3-14(9-16)5-6-15-7-8-17(11-19)18(10-15)12-20/h2-4,7-10,19-20H,5-6,11-12H2,1H3. The summed E-state index contributed by atoms with van der Waals surface area (Å²) in [7, 11) is 0. The third-order valence-corrected chi connectivity index (χ3v) is 3.65. The first-order valence-electron chi connectivity index (χ1n) is 7.06. The number of aliphatic hydroxyl groups is 2. The first-order valence-corrected chi connectivity index (χ1v) is 7.06. The molecule has 0 bridgehead atoms. The second-order valence-electron chi connectivity index (χ2n) is 5.18. The number of rotatable bonds is 6. The van der Waals surface area contributed by atoms with E-state index in [-0.39, 0.29) is 19.0 Å². The molecule has 110 valence electrons. The van der Waals surface area contributed by atoms with Crippen LogP contribution in [0.15, 0.2) is 42.5 Å². The molecule has 0 saturated carbocycles. The molecule has 21 heavy (non-hydrogen) atoms. The van der Waals surface area contributed by atoms with Crippen molar-refractivity contribution in [2.45, 2.75) is 33.0 Å². The normalized spacial score (nSPS) is 10.6. The number of carbonyl (C=O) groups is 1. The zero-order valence-electron chi connectivity index (χ0n) is 12.2. The smallest absolute Gasteiger partial charge is 0.159 e. The van der Waals surface area contributed by atoms with E-state index >= 15 is 0 Å². The molecule has 0 aliphatic rings. The largest absolute Gasteiger partial charge is 0.392 e. The van der Waals surface area contributed by atoms with Crippen molar-refractivity contribution in [2.75, 3.05) is 0 Å². The fourth-order valence-electron chi connectivity index (χ4n) is 2.37. The van der Waals surface area contributed by atoms with Crippen LogP contribution in [0.4, 0.5) is 0 Å². The average molecular weight is 284 g/mol. The molecule has 2 aromatic rings. The van der Waals surface area contributed by atoms with Crippen LogP contribution in [0.5, 0.6) is 0 Å². The molecule has 2 rings (SSSR count). The molecule has 0 saturated heterocycles. The lowest BCUT2D eigenvalue weighted by molar-refractivity contribution is 0.101. The minimum Gasteiger partial charge on any atom is -0.392 e. The van der Waals surface area contributed by atoms with Crippen LogP contribution in [0, 0.1) is 0 Å². The van der Waals surface area contributed by atoms with Gasteiger partial charge in [-0.15, -0.1) is 0 Å². The summed E-state index contributed by atoms with van der Waals surface area (Å²) in [6, 6.07) is 13.4. The highest BCUT2D eigenvalue weighted by Crippen LogP contribution is 2.15. The molecule has 0 aliphatic heterocycles. The SMILES string of the molecule is CC(=O)c1cccc(CCc2ccc(CO)c(CO)c2)c1. The minimum absolute atomic E-state index is 0.0587. The number of hydrogen-bond acceptors (Lipinski definition) is 3. The lowest BCUT2D eigenvalue weighted by atomic mass is 9.98. The van der Waals surface area contributed by atoms with E-state index in [1.54, 1.807) is 6.92 Å². The Hall–Kier alpha value is -1.97. The van der Waals surface area contributed by atoms with E-state index in [0.717, 1.165) is 40.7 Å². The van der Waals surface area contributed by atoms with Crippen LogP contribution in [0.2, 0.25) is 0 Å². The molecule has 0 atom stereocenters. The molecule has 3 heteroatoms. The molecule has 0 aromatic heterocycles. The van der Waals surface area contributed by atoms with E-state index in [1.165, 1.54) is 0 Å². The first kappa shape index (κ1) is 15.4. The maximum Gasteiger partial charge on any atom is 0.159 e. The molecular formula is C18H20O3. The number of aliphatic hydroxyl groups excluding tert-OH is 2. The highest BCUT2D eigenvalue weighted by molar-refractivity contribution is 5.94. The van der Waals surface area contributed by atoms with E-state index < -0.39 is 0 Å².